The zero-order valence-electron chi connectivity index (χ0n) is 12.9. The van der Waals surface area contributed by atoms with E-state index in [0.29, 0.717) is 12.0 Å². The van der Waals surface area contributed by atoms with Gasteiger partial charge in [-0.1, -0.05) is 50.8 Å². The Morgan fingerprint density at radius 1 is 1.00 bits per heavy atom. The molecule has 0 fully saturated rings. The van der Waals surface area contributed by atoms with Crippen molar-refractivity contribution in [3.63, 3.8) is 0 Å². The fourth-order valence-electron chi connectivity index (χ4n) is 1.88. The zero-order valence-corrected chi connectivity index (χ0v) is 13.7. The second kappa shape index (κ2) is 10.7. The number of amides is 2. The van der Waals surface area contributed by atoms with Gasteiger partial charge in [0.1, 0.15) is 0 Å². The lowest BCUT2D eigenvalue weighted by Gasteiger charge is -2.10. The van der Waals surface area contributed by atoms with Gasteiger partial charge in [-0.25, -0.2) is 0 Å². The molecule has 0 saturated heterocycles. The Balaban J connectivity index is 2.17. The van der Waals surface area contributed by atoms with Crippen LogP contribution in [0.15, 0.2) is 30.3 Å². The monoisotopic (exact) mass is 321 g/mol. The van der Waals surface area contributed by atoms with E-state index in [2.05, 4.69) is 23.1 Å². The summed E-state index contributed by atoms with van der Waals surface area (Å²) >= 11 is 4.96. The summed E-state index contributed by atoms with van der Waals surface area (Å²) < 4.78 is 0. The highest BCUT2D eigenvalue weighted by Crippen LogP contribution is 2.04. The van der Waals surface area contributed by atoms with E-state index in [-0.39, 0.29) is 16.9 Å². The third-order valence-corrected chi connectivity index (χ3v) is 3.29. The standard InChI is InChI=1S/C16H23N3O2S/c1-2-3-4-5-9-12-14(20)17-16(22)19-18-15(21)13-10-7-6-8-11-13/h6-8,10-11H,2-5,9,12H2,1H3,(H,18,21)(H2,17,19,20,22). The van der Waals surface area contributed by atoms with Gasteiger partial charge in [0.15, 0.2) is 5.11 Å². The van der Waals surface area contributed by atoms with E-state index in [9.17, 15) is 9.59 Å². The van der Waals surface area contributed by atoms with Crippen LogP contribution in [0.5, 0.6) is 0 Å². The molecule has 1 rings (SSSR count). The van der Waals surface area contributed by atoms with Crippen molar-refractivity contribution in [2.75, 3.05) is 0 Å². The van der Waals surface area contributed by atoms with Gasteiger partial charge in [-0.15, -0.1) is 0 Å². The molecule has 0 aliphatic heterocycles. The average molecular weight is 321 g/mol. The summed E-state index contributed by atoms with van der Waals surface area (Å²) in [7, 11) is 0. The van der Waals surface area contributed by atoms with E-state index in [4.69, 9.17) is 12.2 Å². The second-order valence-corrected chi connectivity index (χ2v) is 5.39. The molecule has 6 heteroatoms. The molecule has 120 valence electrons. The first kappa shape index (κ1) is 18.1. The number of unbranched alkanes of at least 4 members (excludes halogenated alkanes) is 4. The van der Waals surface area contributed by atoms with E-state index < -0.39 is 0 Å². The van der Waals surface area contributed by atoms with Crippen LogP contribution in [0, 0.1) is 0 Å². The molecule has 0 atom stereocenters. The highest BCUT2D eigenvalue weighted by Gasteiger charge is 2.07. The van der Waals surface area contributed by atoms with Gasteiger partial charge in [0.05, 0.1) is 0 Å². The zero-order chi connectivity index (χ0) is 16.2. The Morgan fingerprint density at radius 2 is 1.68 bits per heavy atom. The molecule has 0 heterocycles. The molecule has 2 amide bonds. The third kappa shape index (κ3) is 7.73. The van der Waals surface area contributed by atoms with Gasteiger partial charge in [-0.05, 0) is 30.8 Å². The van der Waals surface area contributed by atoms with Crippen molar-refractivity contribution in [2.24, 2.45) is 0 Å². The largest absolute Gasteiger partial charge is 0.302 e. The number of thiocarbonyl (C=S) groups is 1. The average Bonchev–Trinajstić information content (AvgIpc) is 2.53. The molecule has 0 radical (unpaired) electrons. The van der Waals surface area contributed by atoms with Crippen molar-refractivity contribution >= 4 is 29.1 Å². The minimum atomic E-state index is -0.309. The number of hydrogen-bond donors (Lipinski definition) is 3. The number of hydrogen-bond acceptors (Lipinski definition) is 3. The normalized spacial score (nSPS) is 9.86. The first-order valence-electron chi connectivity index (χ1n) is 7.58. The van der Waals surface area contributed by atoms with Crippen LogP contribution in [0.2, 0.25) is 0 Å². The van der Waals surface area contributed by atoms with Crippen molar-refractivity contribution in [3.05, 3.63) is 35.9 Å². The van der Waals surface area contributed by atoms with Gasteiger partial charge in [0, 0.05) is 12.0 Å². The molecule has 0 spiro atoms. The van der Waals surface area contributed by atoms with Gasteiger partial charge in [-0.2, -0.15) is 0 Å². The number of hydrazine groups is 1. The van der Waals surface area contributed by atoms with Crippen LogP contribution in [-0.2, 0) is 4.79 Å². The lowest BCUT2D eigenvalue weighted by molar-refractivity contribution is -0.119. The smallest absolute Gasteiger partial charge is 0.269 e. The Kier molecular flexibility index (Phi) is 8.83. The fourth-order valence-corrected chi connectivity index (χ4v) is 2.05. The van der Waals surface area contributed by atoms with Crippen LogP contribution < -0.4 is 16.2 Å². The van der Waals surface area contributed by atoms with Crippen molar-refractivity contribution < 1.29 is 9.59 Å². The summed E-state index contributed by atoms with van der Waals surface area (Å²) in [5, 5.41) is 2.64. The lowest BCUT2D eigenvalue weighted by atomic mass is 10.1. The van der Waals surface area contributed by atoms with Gasteiger partial charge in [0.2, 0.25) is 5.91 Å². The van der Waals surface area contributed by atoms with Gasteiger partial charge in [-0.3, -0.25) is 20.4 Å². The number of benzene rings is 1. The summed E-state index contributed by atoms with van der Waals surface area (Å²) in [6.07, 6.45) is 5.88. The van der Waals surface area contributed by atoms with Crippen LogP contribution in [0.25, 0.3) is 0 Å². The van der Waals surface area contributed by atoms with Crippen molar-refractivity contribution in [1.82, 2.24) is 16.2 Å². The number of rotatable bonds is 7. The number of carbonyl (C=O) groups excluding carboxylic acids is 2. The molecule has 0 saturated carbocycles. The molecule has 1 aromatic rings. The maximum Gasteiger partial charge on any atom is 0.269 e. The molecule has 3 N–H and O–H groups in total. The fraction of sp³-hybridized carbons (Fsp3) is 0.438. The summed E-state index contributed by atoms with van der Waals surface area (Å²) in [4.78, 5) is 23.4. The summed E-state index contributed by atoms with van der Waals surface area (Å²) in [6, 6.07) is 8.75. The van der Waals surface area contributed by atoms with Gasteiger partial charge >= 0.3 is 0 Å². The third-order valence-electron chi connectivity index (χ3n) is 3.09. The van der Waals surface area contributed by atoms with E-state index >= 15 is 0 Å². The molecule has 0 aromatic heterocycles. The predicted molar refractivity (Wildman–Crippen MR) is 91.2 cm³/mol. The molecule has 22 heavy (non-hydrogen) atoms. The molecule has 1 aromatic carbocycles. The van der Waals surface area contributed by atoms with E-state index in [1.807, 2.05) is 6.07 Å². The maximum atomic E-state index is 11.8. The number of nitrogens with one attached hydrogen (secondary N) is 3. The van der Waals surface area contributed by atoms with Crippen molar-refractivity contribution in [3.8, 4) is 0 Å². The summed E-state index contributed by atoms with van der Waals surface area (Å²) in [6.45, 7) is 2.15. The van der Waals surface area contributed by atoms with Crippen molar-refractivity contribution in [1.29, 1.82) is 0 Å². The molecule has 0 unspecified atom stereocenters. The highest BCUT2D eigenvalue weighted by atomic mass is 32.1. The summed E-state index contributed by atoms with van der Waals surface area (Å²) in [5.41, 5.74) is 5.48. The van der Waals surface area contributed by atoms with Gasteiger partial charge in [0.25, 0.3) is 5.91 Å². The predicted octanol–water partition coefficient (Wildman–Crippen LogP) is 2.68. The van der Waals surface area contributed by atoms with Crippen LogP contribution in [0.1, 0.15) is 55.8 Å². The summed E-state index contributed by atoms with van der Waals surface area (Å²) in [5.74, 6) is -0.445. The van der Waals surface area contributed by atoms with Crippen LogP contribution >= 0.6 is 12.2 Å². The molecule has 0 bridgehead atoms. The topological polar surface area (TPSA) is 70.2 Å². The Hall–Kier alpha value is -1.95. The quantitative estimate of drug-likeness (QED) is 0.410. The minimum absolute atomic E-state index is 0.0999. The highest BCUT2D eigenvalue weighted by molar-refractivity contribution is 7.80. The van der Waals surface area contributed by atoms with Gasteiger partial charge < -0.3 is 5.32 Å². The first-order chi connectivity index (χ1) is 10.6. The van der Waals surface area contributed by atoms with E-state index in [1.165, 1.54) is 12.8 Å². The van der Waals surface area contributed by atoms with Crippen LogP contribution in [0.4, 0.5) is 0 Å². The Labute approximate surface area is 136 Å². The molecular formula is C16H23N3O2S. The molecule has 5 nitrogen and oxygen atoms in total. The SMILES string of the molecule is CCCCCCCC(=O)NC(=S)NNC(=O)c1ccccc1. The second-order valence-electron chi connectivity index (χ2n) is 4.99. The lowest BCUT2D eigenvalue weighted by Crippen LogP contribution is -2.48. The van der Waals surface area contributed by atoms with E-state index in [1.54, 1.807) is 24.3 Å². The van der Waals surface area contributed by atoms with E-state index in [0.717, 1.165) is 19.3 Å². The Bertz CT molecular complexity index is 491. The molecular weight excluding hydrogens is 298 g/mol. The maximum absolute atomic E-state index is 11.8. The van der Waals surface area contributed by atoms with Crippen LogP contribution in [-0.4, -0.2) is 16.9 Å². The van der Waals surface area contributed by atoms with Crippen LogP contribution in [0.3, 0.4) is 0 Å². The molecule has 0 aliphatic rings. The first-order valence-corrected chi connectivity index (χ1v) is 7.99. The molecule has 0 aliphatic carbocycles. The number of carbonyl (C=O) groups is 2. The Morgan fingerprint density at radius 3 is 2.36 bits per heavy atom. The minimum Gasteiger partial charge on any atom is -0.302 e. The van der Waals surface area contributed by atoms with Crippen molar-refractivity contribution in [2.45, 2.75) is 45.4 Å².